The van der Waals surface area contributed by atoms with Gasteiger partial charge in [-0.05, 0) is 32.9 Å². The van der Waals surface area contributed by atoms with Crippen LogP contribution in [0.5, 0.6) is 0 Å². The lowest BCUT2D eigenvalue weighted by atomic mass is 10.2. The van der Waals surface area contributed by atoms with Crippen LogP contribution >= 0.6 is 0 Å². The van der Waals surface area contributed by atoms with E-state index in [-0.39, 0.29) is 11.1 Å². The maximum atomic E-state index is 12.3. The minimum atomic E-state index is -3.28. The van der Waals surface area contributed by atoms with Gasteiger partial charge in [-0.15, -0.1) is 0 Å². The molecule has 152 valence electrons. The van der Waals surface area contributed by atoms with Crippen molar-refractivity contribution in [2.75, 3.05) is 0 Å². The van der Waals surface area contributed by atoms with Gasteiger partial charge in [0.05, 0.1) is 11.1 Å². The zero-order chi connectivity index (χ0) is 21.8. The highest BCUT2D eigenvalue weighted by atomic mass is 28.3. The van der Waals surface area contributed by atoms with Crippen molar-refractivity contribution in [2.24, 2.45) is 0 Å². The van der Waals surface area contributed by atoms with Gasteiger partial charge in [-0.25, -0.2) is 9.59 Å². The first-order valence-corrected chi connectivity index (χ1v) is 11.8. The van der Waals surface area contributed by atoms with E-state index in [0.29, 0.717) is 10.4 Å². The summed E-state index contributed by atoms with van der Waals surface area (Å²) >= 11 is 0. The largest absolute Gasteiger partial charge is 0.478 e. The molecule has 2 N–H and O–H groups in total. The molecule has 0 amide bonds. The van der Waals surface area contributed by atoms with Crippen LogP contribution in [0.15, 0.2) is 109 Å². The van der Waals surface area contributed by atoms with Crippen LogP contribution in [-0.2, 0) is 0 Å². The Balaban J connectivity index is 2.26. The first-order valence-electron chi connectivity index (χ1n) is 9.83. The topological polar surface area (TPSA) is 74.6 Å². The third-order valence-corrected chi connectivity index (χ3v) is 10.4. The SMILES string of the molecule is O=C(O)c1ccccc1[Si](c1ccccc1)(c1ccccc1)c1ccccc1C(=O)O. The van der Waals surface area contributed by atoms with Crippen LogP contribution in [0.2, 0.25) is 0 Å². The highest BCUT2D eigenvalue weighted by molar-refractivity contribution is 7.20. The fraction of sp³-hybridized carbons (Fsp3) is 0. The van der Waals surface area contributed by atoms with Crippen molar-refractivity contribution >= 4 is 40.8 Å². The second-order valence-corrected chi connectivity index (χ2v) is 10.9. The number of carbonyl (C=O) groups is 2. The van der Waals surface area contributed by atoms with Crippen LogP contribution in [0.4, 0.5) is 0 Å². The molecule has 4 rings (SSSR count). The van der Waals surface area contributed by atoms with E-state index in [1.54, 1.807) is 24.3 Å². The fourth-order valence-electron chi connectivity index (χ4n) is 4.30. The first kappa shape index (κ1) is 20.3. The minimum Gasteiger partial charge on any atom is -0.478 e. The highest BCUT2D eigenvalue weighted by Gasteiger charge is 2.45. The zero-order valence-electron chi connectivity index (χ0n) is 16.6. The summed E-state index contributed by atoms with van der Waals surface area (Å²) in [5.41, 5.74) is 0.365. The van der Waals surface area contributed by atoms with E-state index in [0.717, 1.165) is 10.4 Å². The van der Waals surface area contributed by atoms with Gasteiger partial charge < -0.3 is 10.2 Å². The summed E-state index contributed by atoms with van der Waals surface area (Å²) in [6.45, 7) is 0. The van der Waals surface area contributed by atoms with E-state index in [4.69, 9.17) is 0 Å². The average molecular weight is 425 g/mol. The molecule has 0 atom stereocenters. The number of rotatable bonds is 6. The van der Waals surface area contributed by atoms with Gasteiger partial charge in [-0.3, -0.25) is 0 Å². The lowest BCUT2D eigenvalue weighted by molar-refractivity contribution is 0.0688. The minimum absolute atomic E-state index is 0.182. The second kappa shape index (κ2) is 8.42. The van der Waals surface area contributed by atoms with Gasteiger partial charge in [-0.2, -0.15) is 0 Å². The van der Waals surface area contributed by atoms with Crippen molar-refractivity contribution in [3.05, 3.63) is 120 Å². The van der Waals surface area contributed by atoms with Crippen molar-refractivity contribution in [1.29, 1.82) is 0 Å². The number of carboxylic acids is 2. The maximum absolute atomic E-state index is 12.3. The van der Waals surface area contributed by atoms with Crippen molar-refractivity contribution in [1.82, 2.24) is 0 Å². The molecule has 31 heavy (non-hydrogen) atoms. The molecule has 5 heteroatoms. The van der Waals surface area contributed by atoms with E-state index in [9.17, 15) is 19.8 Å². The lowest BCUT2D eigenvalue weighted by Gasteiger charge is -2.36. The molecular formula is C26H20O4Si. The number of carboxylic acid groups (broad SMARTS) is 2. The van der Waals surface area contributed by atoms with Crippen molar-refractivity contribution in [3.8, 4) is 0 Å². The highest BCUT2D eigenvalue weighted by Crippen LogP contribution is 2.14. The van der Waals surface area contributed by atoms with E-state index in [1.165, 1.54) is 0 Å². The third kappa shape index (κ3) is 3.45. The van der Waals surface area contributed by atoms with Crippen LogP contribution < -0.4 is 20.7 Å². The molecule has 4 aromatic carbocycles. The van der Waals surface area contributed by atoms with Crippen LogP contribution in [0.25, 0.3) is 0 Å². The number of aromatic carboxylic acids is 2. The number of hydrogen-bond donors (Lipinski definition) is 2. The first-order chi connectivity index (χ1) is 15.1. The average Bonchev–Trinajstić information content (AvgIpc) is 2.81. The molecule has 0 aliphatic heterocycles. The standard InChI is InChI=1S/C26H20O4Si/c27-25(28)21-15-7-9-17-23(21)31(19-11-3-1-4-12-19,20-13-5-2-6-14-20)24-18-10-8-16-22(24)26(29)30/h1-18H,(H,27,28)(H,29,30). The molecule has 0 unspecified atom stereocenters. The molecule has 0 spiro atoms. The van der Waals surface area contributed by atoms with Gasteiger partial charge in [0.2, 0.25) is 0 Å². The molecule has 0 radical (unpaired) electrons. The van der Waals surface area contributed by atoms with Crippen LogP contribution in [0, 0.1) is 0 Å². The van der Waals surface area contributed by atoms with Gasteiger partial charge in [0, 0.05) is 0 Å². The van der Waals surface area contributed by atoms with E-state index in [1.807, 2.05) is 84.9 Å². The smallest absolute Gasteiger partial charge is 0.335 e. The summed E-state index contributed by atoms with van der Waals surface area (Å²) in [6.07, 6.45) is 0. The van der Waals surface area contributed by atoms with Gasteiger partial charge in [0.25, 0.3) is 0 Å². The molecular weight excluding hydrogens is 404 g/mol. The summed E-state index contributed by atoms with van der Waals surface area (Å²) in [7, 11) is -3.28. The van der Waals surface area contributed by atoms with E-state index < -0.39 is 20.0 Å². The molecule has 0 heterocycles. The molecule has 4 aromatic rings. The Hall–Kier alpha value is -3.96. The van der Waals surface area contributed by atoms with Gasteiger partial charge in [0.1, 0.15) is 0 Å². The second-order valence-electron chi connectivity index (χ2n) is 7.18. The molecule has 0 saturated carbocycles. The quantitative estimate of drug-likeness (QED) is 0.368. The summed E-state index contributed by atoms with van der Waals surface area (Å²) in [5, 5.41) is 23.2. The van der Waals surface area contributed by atoms with Crippen LogP contribution in [0.3, 0.4) is 0 Å². The van der Waals surface area contributed by atoms with Crippen molar-refractivity contribution in [3.63, 3.8) is 0 Å². The molecule has 4 nitrogen and oxygen atoms in total. The summed E-state index contributed by atoms with van der Waals surface area (Å²) in [5.74, 6) is -2.07. The summed E-state index contributed by atoms with van der Waals surface area (Å²) < 4.78 is 0. The van der Waals surface area contributed by atoms with E-state index >= 15 is 0 Å². The Kier molecular flexibility index (Phi) is 5.52. The third-order valence-electron chi connectivity index (χ3n) is 5.54. The van der Waals surface area contributed by atoms with Crippen molar-refractivity contribution in [2.45, 2.75) is 0 Å². The lowest BCUT2D eigenvalue weighted by Crippen LogP contribution is -2.76. The monoisotopic (exact) mass is 424 g/mol. The van der Waals surface area contributed by atoms with Crippen LogP contribution in [-0.4, -0.2) is 30.2 Å². The Labute approximate surface area is 181 Å². The predicted octanol–water partition coefficient (Wildman–Crippen LogP) is 2.46. The van der Waals surface area contributed by atoms with E-state index in [2.05, 4.69) is 0 Å². The molecule has 0 aromatic heterocycles. The predicted molar refractivity (Wildman–Crippen MR) is 124 cm³/mol. The zero-order valence-corrected chi connectivity index (χ0v) is 17.6. The molecule has 0 saturated heterocycles. The Morgan fingerprint density at radius 3 is 1.16 bits per heavy atom. The van der Waals surface area contributed by atoms with Gasteiger partial charge in [0.15, 0.2) is 8.07 Å². The Morgan fingerprint density at radius 1 is 0.484 bits per heavy atom. The number of benzene rings is 4. The fourth-order valence-corrected chi connectivity index (χ4v) is 9.44. The number of hydrogen-bond acceptors (Lipinski definition) is 2. The maximum Gasteiger partial charge on any atom is 0.335 e. The van der Waals surface area contributed by atoms with Crippen LogP contribution in [0.1, 0.15) is 20.7 Å². The normalized spacial score (nSPS) is 11.1. The molecule has 0 aliphatic rings. The van der Waals surface area contributed by atoms with Gasteiger partial charge in [-0.1, -0.05) is 97.1 Å². The molecule has 0 fully saturated rings. The molecule has 0 bridgehead atoms. The van der Waals surface area contributed by atoms with Crippen molar-refractivity contribution < 1.29 is 19.8 Å². The summed E-state index contributed by atoms with van der Waals surface area (Å²) in [4.78, 5) is 24.6. The van der Waals surface area contributed by atoms with Gasteiger partial charge >= 0.3 is 11.9 Å². The summed E-state index contributed by atoms with van der Waals surface area (Å²) in [6, 6.07) is 33.2. The Morgan fingerprint density at radius 2 is 0.806 bits per heavy atom. The Bertz CT molecular complexity index is 1140. The molecule has 0 aliphatic carbocycles.